The van der Waals surface area contributed by atoms with Gasteiger partial charge in [0.25, 0.3) is 11.6 Å². The zero-order chi connectivity index (χ0) is 17.5. The molecule has 0 unspecified atom stereocenters. The molecule has 0 fully saturated rings. The average Bonchev–Trinajstić information content (AvgIpc) is 2.50. The monoisotopic (exact) mass is 320 g/mol. The van der Waals surface area contributed by atoms with Gasteiger partial charge in [0.05, 0.1) is 10.5 Å². The molecule has 0 radical (unpaired) electrons. The third-order valence-corrected chi connectivity index (χ3v) is 3.24. The number of carbonyl (C=O) groups excluding carboxylic acids is 2. The van der Waals surface area contributed by atoms with E-state index in [1.54, 1.807) is 6.07 Å². The highest BCUT2D eigenvalue weighted by molar-refractivity contribution is 5.90. The van der Waals surface area contributed by atoms with Crippen LogP contribution in [0.25, 0.3) is 6.08 Å². The molecule has 1 N–H and O–H groups in total. The van der Waals surface area contributed by atoms with Crippen molar-refractivity contribution in [3.8, 4) is 0 Å². The van der Waals surface area contributed by atoms with Crippen LogP contribution in [0.3, 0.4) is 0 Å². The molecule has 1 aromatic carbocycles. The van der Waals surface area contributed by atoms with Crippen LogP contribution >= 0.6 is 0 Å². The first-order valence-electron chi connectivity index (χ1n) is 7.14. The molecule has 0 aliphatic heterocycles. The molecule has 7 nitrogen and oxygen atoms in total. The Balaban J connectivity index is 2.58. The largest absolute Gasteiger partial charge is 0.452 e. The van der Waals surface area contributed by atoms with Crippen molar-refractivity contribution in [1.29, 1.82) is 0 Å². The molecule has 0 aromatic heterocycles. The second-order valence-electron chi connectivity index (χ2n) is 5.54. The lowest BCUT2D eigenvalue weighted by molar-refractivity contribution is -0.385. The van der Waals surface area contributed by atoms with Crippen molar-refractivity contribution >= 4 is 23.6 Å². The normalized spacial score (nSPS) is 11.3. The number of nitrogens with one attached hydrogen (secondary N) is 1. The molecule has 1 amide bonds. The van der Waals surface area contributed by atoms with E-state index in [-0.39, 0.29) is 16.8 Å². The predicted octanol–water partition coefficient (Wildman–Crippen LogP) is 2.46. The highest BCUT2D eigenvalue weighted by Crippen LogP contribution is 2.18. The molecule has 0 bridgehead atoms. The first-order valence-corrected chi connectivity index (χ1v) is 7.14. The number of para-hydroxylation sites is 1. The molecule has 0 spiro atoms. The first kappa shape index (κ1) is 18.3. The zero-order valence-corrected chi connectivity index (χ0v) is 13.4. The number of rotatable bonds is 7. The Morgan fingerprint density at radius 1 is 1.35 bits per heavy atom. The standard InChI is InChI=1S/C16H20N2O5/c1-4-16(2,3)17-14(19)11-23-15(20)10-9-12-7-5-6-8-13(12)18(21)22/h5-10H,4,11H2,1-3H3,(H,17,19)/b10-9+. The fourth-order valence-corrected chi connectivity index (χ4v) is 1.64. The third-order valence-electron chi connectivity index (χ3n) is 3.24. The molecule has 1 rings (SSSR count). The quantitative estimate of drug-likeness (QED) is 0.360. The molecule has 23 heavy (non-hydrogen) atoms. The first-order chi connectivity index (χ1) is 10.7. The predicted molar refractivity (Wildman–Crippen MR) is 85.6 cm³/mol. The van der Waals surface area contributed by atoms with Gasteiger partial charge in [-0.05, 0) is 32.4 Å². The van der Waals surface area contributed by atoms with Crippen molar-refractivity contribution in [3.05, 3.63) is 46.0 Å². The van der Waals surface area contributed by atoms with E-state index in [1.807, 2.05) is 20.8 Å². The number of hydrogen-bond acceptors (Lipinski definition) is 5. The van der Waals surface area contributed by atoms with Crippen LogP contribution < -0.4 is 5.32 Å². The Morgan fingerprint density at radius 2 is 2.00 bits per heavy atom. The Morgan fingerprint density at radius 3 is 2.61 bits per heavy atom. The fourth-order valence-electron chi connectivity index (χ4n) is 1.64. The van der Waals surface area contributed by atoms with E-state index in [1.165, 1.54) is 24.3 Å². The zero-order valence-electron chi connectivity index (χ0n) is 13.4. The molecule has 1 aromatic rings. The summed E-state index contributed by atoms with van der Waals surface area (Å²) in [6, 6.07) is 6.01. The lowest BCUT2D eigenvalue weighted by atomic mass is 10.0. The van der Waals surface area contributed by atoms with Crippen molar-refractivity contribution in [2.24, 2.45) is 0 Å². The van der Waals surface area contributed by atoms with Crippen LogP contribution in [0.5, 0.6) is 0 Å². The summed E-state index contributed by atoms with van der Waals surface area (Å²) in [4.78, 5) is 33.5. The van der Waals surface area contributed by atoms with Gasteiger partial charge in [0.1, 0.15) is 0 Å². The molecule has 0 saturated heterocycles. The number of benzene rings is 1. The van der Waals surface area contributed by atoms with E-state index in [2.05, 4.69) is 5.32 Å². The number of nitro benzene ring substituents is 1. The van der Waals surface area contributed by atoms with Crippen molar-refractivity contribution < 1.29 is 19.2 Å². The lowest BCUT2D eigenvalue weighted by Gasteiger charge is -2.24. The van der Waals surface area contributed by atoms with Crippen LogP contribution in [0.15, 0.2) is 30.3 Å². The molecular weight excluding hydrogens is 300 g/mol. The summed E-state index contributed by atoms with van der Waals surface area (Å²) in [6.45, 7) is 5.26. The minimum absolute atomic E-state index is 0.112. The SMILES string of the molecule is CCC(C)(C)NC(=O)COC(=O)/C=C/c1ccccc1[N+](=O)[O-]. The number of nitrogens with zero attached hydrogens (tertiary/aromatic N) is 1. The summed E-state index contributed by atoms with van der Waals surface area (Å²) in [5.74, 6) is -1.14. The molecule has 124 valence electrons. The van der Waals surface area contributed by atoms with Gasteiger partial charge in [0, 0.05) is 17.7 Å². The molecule has 0 atom stereocenters. The summed E-state index contributed by atoms with van der Waals surface area (Å²) < 4.78 is 4.81. The Kier molecular flexibility index (Phi) is 6.44. The van der Waals surface area contributed by atoms with E-state index < -0.39 is 23.4 Å². The highest BCUT2D eigenvalue weighted by atomic mass is 16.6. The van der Waals surface area contributed by atoms with Crippen LogP contribution in [0.4, 0.5) is 5.69 Å². The van der Waals surface area contributed by atoms with Gasteiger partial charge in [0.15, 0.2) is 6.61 Å². The number of hydrogen-bond donors (Lipinski definition) is 1. The van der Waals surface area contributed by atoms with Crippen molar-refractivity contribution in [2.75, 3.05) is 6.61 Å². The third kappa shape index (κ3) is 6.29. The van der Waals surface area contributed by atoms with Crippen molar-refractivity contribution in [1.82, 2.24) is 5.32 Å². The van der Waals surface area contributed by atoms with E-state index >= 15 is 0 Å². The van der Waals surface area contributed by atoms with E-state index in [0.29, 0.717) is 0 Å². The van der Waals surface area contributed by atoms with E-state index in [4.69, 9.17) is 4.74 Å². The fraction of sp³-hybridized carbons (Fsp3) is 0.375. The molecule has 0 heterocycles. The number of esters is 1. The second-order valence-corrected chi connectivity index (χ2v) is 5.54. The van der Waals surface area contributed by atoms with Crippen molar-refractivity contribution in [3.63, 3.8) is 0 Å². The van der Waals surface area contributed by atoms with Gasteiger partial charge in [-0.25, -0.2) is 4.79 Å². The molecular formula is C16H20N2O5. The summed E-state index contributed by atoms with van der Waals surface area (Å²) in [7, 11) is 0. The van der Waals surface area contributed by atoms with Gasteiger partial charge >= 0.3 is 5.97 Å². The molecule has 0 aliphatic rings. The Hall–Kier alpha value is -2.70. The molecule has 7 heteroatoms. The van der Waals surface area contributed by atoms with Crippen LogP contribution in [-0.2, 0) is 14.3 Å². The number of nitro groups is 1. The minimum Gasteiger partial charge on any atom is -0.452 e. The van der Waals surface area contributed by atoms with E-state index in [0.717, 1.165) is 12.5 Å². The van der Waals surface area contributed by atoms with Gasteiger partial charge in [-0.2, -0.15) is 0 Å². The molecule has 0 saturated carbocycles. The number of carbonyl (C=O) groups is 2. The summed E-state index contributed by atoms with van der Waals surface area (Å²) >= 11 is 0. The maximum atomic E-state index is 11.6. The van der Waals surface area contributed by atoms with Gasteiger partial charge in [-0.15, -0.1) is 0 Å². The van der Waals surface area contributed by atoms with Crippen LogP contribution in [0, 0.1) is 10.1 Å². The minimum atomic E-state index is -0.743. The highest BCUT2D eigenvalue weighted by Gasteiger charge is 2.18. The maximum Gasteiger partial charge on any atom is 0.331 e. The Labute approximate surface area is 134 Å². The Bertz CT molecular complexity index is 623. The summed E-state index contributed by atoms with van der Waals surface area (Å²) in [5, 5.41) is 13.6. The van der Waals surface area contributed by atoms with Crippen LogP contribution in [0.1, 0.15) is 32.8 Å². The van der Waals surface area contributed by atoms with Gasteiger partial charge in [-0.1, -0.05) is 19.1 Å². The topological polar surface area (TPSA) is 98.5 Å². The number of ether oxygens (including phenoxy) is 1. The molecule has 0 aliphatic carbocycles. The van der Waals surface area contributed by atoms with Crippen LogP contribution in [0.2, 0.25) is 0 Å². The van der Waals surface area contributed by atoms with Gasteiger partial charge in [0.2, 0.25) is 0 Å². The van der Waals surface area contributed by atoms with Gasteiger partial charge < -0.3 is 10.1 Å². The average molecular weight is 320 g/mol. The van der Waals surface area contributed by atoms with Crippen LogP contribution in [-0.4, -0.2) is 28.9 Å². The second kappa shape index (κ2) is 8.07. The number of amides is 1. The smallest absolute Gasteiger partial charge is 0.331 e. The summed E-state index contributed by atoms with van der Waals surface area (Å²) in [5.41, 5.74) is -0.200. The lowest BCUT2D eigenvalue weighted by Crippen LogP contribution is -2.44. The maximum absolute atomic E-state index is 11.6. The van der Waals surface area contributed by atoms with E-state index in [9.17, 15) is 19.7 Å². The van der Waals surface area contributed by atoms with Crippen molar-refractivity contribution in [2.45, 2.75) is 32.7 Å². The summed E-state index contributed by atoms with van der Waals surface area (Å²) in [6.07, 6.45) is 3.08. The van der Waals surface area contributed by atoms with Gasteiger partial charge in [-0.3, -0.25) is 14.9 Å².